The van der Waals surface area contributed by atoms with E-state index in [-0.39, 0.29) is 18.6 Å². The fourth-order valence-electron chi connectivity index (χ4n) is 2.54. The standard InChI is InChI=1S/C20H17F4N3O2/c1-2-27-10-13(9-26-27)8-25-20(28)14-5-3-12(4-6-14)11-29-19-17(23)15(21)7-16(22)18(19)24/h3-7,9-10H,2,8,11H2,1H3,(H,25,28). The molecule has 0 unspecified atom stereocenters. The zero-order valence-corrected chi connectivity index (χ0v) is 15.4. The molecular weight excluding hydrogens is 390 g/mol. The van der Waals surface area contributed by atoms with Gasteiger partial charge >= 0.3 is 0 Å². The highest BCUT2D eigenvalue weighted by molar-refractivity contribution is 5.94. The van der Waals surface area contributed by atoms with Crippen LogP contribution >= 0.6 is 0 Å². The lowest BCUT2D eigenvalue weighted by Crippen LogP contribution is -2.22. The molecule has 0 atom stereocenters. The number of carbonyl (C=O) groups is 1. The van der Waals surface area contributed by atoms with E-state index < -0.39 is 29.0 Å². The number of halogens is 4. The van der Waals surface area contributed by atoms with Crippen LogP contribution < -0.4 is 10.1 Å². The summed E-state index contributed by atoms with van der Waals surface area (Å²) < 4.78 is 60.2. The smallest absolute Gasteiger partial charge is 0.251 e. The Balaban J connectivity index is 1.59. The van der Waals surface area contributed by atoms with Crippen LogP contribution in [-0.2, 0) is 19.7 Å². The Morgan fingerprint density at radius 2 is 1.72 bits per heavy atom. The zero-order valence-electron chi connectivity index (χ0n) is 15.4. The zero-order chi connectivity index (χ0) is 21.0. The van der Waals surface area contributed by atoms with Gasteiger partial charge in [0.25, 0.3) is 5.91 Å². The molecule has 0 radical (unpaired) electrons. The van der Waals surface area contributed by atoms with Crippen LogP contribution in [0.2, 0.25) is 0 Å². The fourth-order valence-corrected chi connectivity index (χ4v) is 2.54. The number of carbonyl (C=O) groups excluding carboxylic acids is 1. The Kier molecular flexibility index (Phi) is 6.16. The molecule has 0 aliphatic carbocycles. The number of hydrogen-bond donors (Lipinski definition) is 1. The summed E-state index contributed by atoms with van der Waals surface area (Å²) in [5, 5.41) is 6.87. The Hall–Kier alpha value is -3.36. The van der Waals surface area contributed by atoms with Gasteiger partial charge in [-0.3, -0.25) is 9.48 Å². The van der Waals surface area contributed by atoms with Gasteiger partial charge < -0.3 is 10.1 Å². The second kappa shape index (κ2) is 8.76. The van der Waals surface area contributed by atoms with Gasteiger partial charge in [0.2, 0.25) is 11.6 Å². The number of rotatable bonds is 7. The number of hydrogen-bond acceptors (Lipinski definition) is 3. The molecule has 0 fully saturated rings. The van der Waals surface area contributed by atoms with Gasteiger partial charge in [0.15, 0.2) is 17.4 Å². The van der Waals surface area contributed by atoms with Gasteiger partial charge in [-0.15, -0.1) is 0 Å². The maximum absolute atomic E-state index is 13.6. The van der Waals surface area contributed by atoms with Crippen LogP contribution in [0.3, 0.4) is 0 Å². The van der Waals surface area contributed by atoms with Crippen LogP contribution in [0.25, 0.3) is 0 Å². The lowest BCUT2D eigenvalue weighted by atomic mass is 10.1. The third kappa shape index (κ3) is 4.74. The number of ether oxygens (including phenoxy) is 1. The molecule has 1 heterocycles. The van der Waals surface area contributed by atoms with Crippen molar-refractivity contribution in [1.29, 1.82) is 0 Å². The minimum atomic E-state index is -1.61. The highest BCUT2D eigenvalue weighted by atomic mass is 19.2. The van der Waals surface area contributed by atoms with E-state index in [0.717, 1.165) is 12.1 Å². The SMILES string of the molecule is CCn1cc(CNC(=O)c2ccc(COc3c(F)c(F)cc(F)c3F)cc2)cn1. The highest BCUT2D eigenvalue weighted by Gasteiger charge is 2.20. The molecule has 5 nitrogen and oxygen atoms in total. The first-order valence-electron chi connectivity index (χ1n) is 8.73. The molecular formula is C20H17F4N3O2. The fraction of sp³-hybridized carbons (Fsp3) is 0.200. The summed E-state index contributed by atoms with van der Waals surface area (Å²) in [5.41, 5.74) is 1.68. The van der Waals surface area contributed by atoms with Crippen LogP contribution in [0.15, 0.2) is 42.7 Å². The third-order valence-corrected chi connectivity index (χ3v) is 4.13. The normalized spacial score (nSPS) is 10.8. The van der Waals surface area contributed by atoms with Crippen molar-refractivity contribution in [3.8, 4) is 5.75 Å². The Morgan fingerprint density at radius 1 is 1.07 bits per heavy atom. The maximum Gasteiger partial charge on any atom is 0.251 e. The van der Waals surface area contributed by atoms with E-state index in [0.29, 0.717) is 17.7 Å². The quantitative estimate of drug-likeness (QED) is 0.476. The molecule has 0 aliphatic rings. The van der Waals surface area contributed by atoms with Crippen LogP contribution in [0.4, 0.5) is 17.6 Å². The number of nitrogens with one attached hydrogen (secondary N) is 1. The van der Waals surface area contributed by atoms with E-state index in [1.165, 1.54) is 24.3 Å². The van der Waals surface area contributed by atoms with Gasteiger partial charge in [-0.1, -0.05) is 12.1 Å². The van der Waals surface area contributed by atoms with E-state index in [1.807, 2.05) is 13.1 Å². The number of nitrogens with zero attached hydrogens (tertiary/aromatic N) is 2. The van der Waals surface area contributed by atoms with Gasteiger partial charge in [-0.2, -0.15) is 13.9 Å². The predicted octanol–water partition coefficient (Wildman–Crippen LogP) is 3.97. The van der Waals surface area contributed by atoms with Crippen molar-refractivity contribution in [2.45, 2.75) is 26.6 Å². The van der Waals surface area contributed by atoms with E-state index in [4.69, 9.17) is 4.74 Å². The first-order valence-corrected chi connectivity index (χ1v) is 8.73. The summed E-state index contributed by atoms with van der Waals surface area (Å²) >= 11 is 0. The average molecular weight is 407 g/mol. The first-order chi connectivity index (χ1) is 13.9. The predicted molar refractivity (Wildman–Crippen MR) is 96.1 cm³/mol. The van der Waals surface area contributed by atoms with Crippen molar-refractivity contribution < 1.29 is 27.1 Å². The van der Waals surface area contributed by atoms with Gasteiger partial charge in [0.1, 0.15) is 6.61 Å². The second-order valence-corrected chi connectivity index (χ2v) is 6.17. The van der Waals surface area contributed by atoms with Crippen LogP contribution in [-0.4, -0.2) is 15.7 Å². The van der Waals surface area contributed by atoms with Crippen molar-refractivity contribution >= 4 is 5.91 Å². The van der Waals surface area contributed by atoms with Gasteiger partial charge in [-0.05, 0) is 24.6 Å². The summed E-state index contributed by atoms with van der Waals surface area (Å²) in [4.78, 5) is 12.2. The third-order valence-electron chi connectivity index (χ3n) is 4.13. The van der Waals surface area contributed by atoms with E-state index in [1.54, 1.807) is 10.9 Å². The Bertz CT molecular complexity index is 993. The highest BCUT2D eigenvalue weighted by Crippen LogP contribution is 2.27. The number of benzene rings is 2. The molecule has 1 aromatic heterocycles. The van der Waals surface area contributed by atoms with E-state index in [9.17, 15) is 22.4 Å². The first kappa shape index (κ1) is 20.4. The number of aromatic nitrogens is 2. The minimum Gasteiger partial charge on any atom is -0.483 e. The molecule has 2 aromatic carbocycles. The van der Waals surface area contributed by atoms with Crippen molar-refractivity contribution in [3.05, 3.63) is 82.7 Å². The summed E-state index contributed by atoms with van der Waals surface area (Å²) in [6.07, 6.45) is 3.49. The molecule has 0 saturated heterocycles. The Labute approximate surface area is 163 Å². The van der Waals surface area contributed by atoms with Crippen molar-refractivity contribution in [2.24, 2.45) is 0 Å². The van der Waals surface area contributed by atoms with Crippen LogP contribution in [0, 0.1) is 23.3 Å². The molecule has 152 valence electrons. The van der Waals surface area contributed by atoms with Crippen molar-refractivity contribution in [1.82, 2.24) is 15.1 Å². The molecule has 3 aromatic rings. The topological polar surface area (TPSA) is 56.2 Å². The monoisotopic (exact) mass is 407 g/mol. The summed E-state index contributed by atoms with van der Waals surface area (Å²) in [5.74, 6) is -7.74. The van der Waals surface area contributed by atoms with Crippen LogP contribution in [0.1, 0.15) is 28.4 Å². The molecule has 0 spiro atoms. The Morgan fingerprint density at radius 3 is 2.31 bits per heavy atom. The molecule has 0 aliphatic heterocycles. The molecule has 1 N–H and O–H groups in total. The van der Waals surface area contributed by atoms with Gasteiger partial charge in [-0.25, -0.2) is 8.78 Å². The number of aryl methyl sites for hydroxylation is 1. The lowest BCUT2D eigenvalue weighted by Gasteiger charge is -2.10. The molecule has 9 heteroatoms. The van der Waals surface area contributed by atoms with Gasteiger partial charge in [0, 0.05) is 36.5 Å². The summed E-state index contributed by atoms with van der Waals surface area (Å²) in [7, 11) is 0. The van der Waals surface area contributed by atoms with E-state index in [2.05, 4.69) is 10.4 Å². The minimum absolute atomic E-state index is 0.109. The van der Waals surface area contributed by atoms with Crippen LogP contribution in [0.5, 0.6) is 5.75 Å². The van der Waals surface area contributed by atoms with E-state index >= 15 is 0 Å². The number of amides is 1. The maximum atomic E-state index is 13.6. The second-order valence-electron chi connectivity index (χ2n) is 6.17. The molecule has 0 saturated carbocycles. The summed E-state index contributed by atoms with van der Waals surface area (Å²) in [6, 6.07) is 6.13. The van der Waals surface area contributed by atoms with Crippen molar-refractivity contribution in [2.75, 3.05) is 0 Å². The van der Waals surface area contributed by atoms with Gasteiger partial charge in [0.05, 0.1) is 6.20 Å². The molecule has 29 heavy (non-hydrogen) atoms. The molecule has 1 amide bonds. The summed E-state index contributed by atoms with van der Waals surface area (Å²) in [6.45, 7) is 2.66. The average Bonchev–Trinajstić information content (AvgIpc) is 3.19. The lowest BCUT2D eigenvalue weighted by molar-refractivity contribution is 0.0951. The molecule has 3 rings (SSSR count). The largest absolute Gasteiger partial charge is 0.483 e. The van der Waals surface area contributed by atoms with Crippen molar-refractivity contribution in [3.63, 3.8) is 0 Å². The molecule has 0 bridgehead atoms.